The van der Waals surface area contributed by atoms with Crippen molar-refractivity contribution >= 4 is 28.9 Å². The van der Waals surface area contributed by atoms with Crippen LogP contribution in [-0.4, -0.2) is 0 Å². The van der Waals surface area contributed by atoms with E-state index in [4.69, 9.17) is 23.2 Å². The number of halogens is 2. The van der Waals surface area contributed by atoms with Gasteiger partial charge >= 0.3 is 0 Å². The molecule has 0 amide bonds. The van der Waals surface area contributed by atoms with E-state index in [0.717, 1.165) is 17.0 Å². The number of nitrogens with one attached hydrogen (secondary N) is 1. The molecule has 0 bridgehead atoms. The quantitative estimate of drug-likeness (QED) is 0.750. The predicted octanol–water partition coefficient (Wildman–Crippen LogP) is 5.32. The Morgan fingerprint density at radius 1 is 1.11 bits per heavy atom. The maximum absolute atomic E-state index is 6.30. The first-order chi connectivity index (χ1) is 9.04. The van der Waals surface area contributed by atoms with Gasteiger partial charge in [-0.3, -0.25) is 0 Å². The van der Waals surface area contributed by atoms with Gasteiger partial charge in [-0.15, -0.1) is 0 Å². The summed E-state index contributed by atoms with van der Waals surface area (Å²) in [6.45, 7) is 4.29. The molecule has 98 valence electrons. The monoisotopic (exact) mass is 291 g/mol. The first-order valence-electron chi connectivity index (χ1n) is 6.36. The number of anilines is 1. The van der Waals surface area contributed by atoms with Crippen LogP contribution in [0.2, 0.25) is 10.0 Å². The summed E-state index contributed by atoms with van der Waals surface area (Å²) in [5.74, 6) is 0. The van der Waals surface area contributed by atoms with E-state index >= 15 is 0 Å². The van der Waals surface area contributed by atoms with Gasteiger partial charge in [0.1, 0.15) is 0 Å². The Kier molecular flexibility index (Phi) is 3.20. The Morgan fingerprint density at radius 3 is 2.63 bits per heavy atom. The summed E-state index contributed by atoms with van der Waals surface area (Å²) >= 11 is 12.3. The third kappa shape index (κ3) is 2.33. The maximum atomic E-state index is 6.30. The van der Waals surface area contributed by atoms with Crippen LogP contribution in [0, 0.1) is 13.8 Å². The first-order valence-corrected chi connectivity index (χ1v) is 7.12. The second-order valence-corrected chi connectivity index (χ2v) is 6.02. The Labute approximate surface area is 123 Å². The second kappa shape index (κ2) is 4.73. The lowest BCUT2D eigenvalue weighted by molar-refractivity contribution is 0.821. The molecule has 2 aromatic carbocycles. The number of hydrogen-bond donors (Lipinski definition) is 1. The fourth-order valence-electron chi connectivity index (χ4n) is 2.81. The molecule has 0 aliphatic carbocycles. The van der Waals surface area contributed by atoms with E-state index in [-0.39, 0.29) is 6.04 Å². The van der Waals surface area contributed by atoms with Crippen LogP contribution in [0.4, 0.5) is 5.69 Å². The number of aryl methyl sites for hydroxylation is 2. The summed E-state index contributed by atoms with van der Waals surface area (Å²) in [7, 11) is 0. The van der Waals surface area contributed by atoms with E-state index in [2.05, 4.69) is 31.3 Å². The van der Waals surface area contributed by atoms with Gasteiger partial charge in [0.05, 0.1) is 6.04 Å². The zero-order valence-corrected chi connectivity index (χ0v) is 12.4. The molecule has 0 fully saturated rings. The number of benzene rings is 2. The van der Waals surface area contributed by atoms with E-state index in [1.54, 1.807) is 6.07 Å². The summed E-state index contributed by atoms with van der Waals surface area (Å²) in [4.78, 5) is 0. The van der Waals surface area contributed by atoms with Crippen LogP contribution >= 0.6 is 23.2 Å². The zero-order valence-electron chi connectivity index (χ0n) is 10.9. The topological polar surface area (TPSA) is 12.0 Å². The fraction of sp³-hybridized carbons (Fsp3) is 0.250. The van der Waals surface area contributed by atoms with E-state index in [9.17, 15) is 0 Å². The van der Waals surface area contributed by atoms with Gasteiger partial charge in [0.2, 0.25) is 0 Å². The highest BCUT2D eigenvalue weighted by atomic mass is 35.5. The Morgan fingerprint density at radius 2 is 1.89 bits per heavy atom. The first kappa shape index (κ1) is 12.8. The highest BCUT2D eigenvalue weighted by Crippen LogP contribution is 2.39. The van der Waals surface area contributed by atoms with Crippen molar-refractivity contribution in [2.45, 2.75) is 26.3 Å². The van der Waals surface area contributed by atoms with Gasteiger partial charge in [-0.1, -0.05) is 35.3 Å². The second-order valence-electron chi connectivity index (χ2n) is 5.17. The third-order valence-corrected chi connectivity index (χ3v) is 4.26. The zero-order chi connectivity index (χ0) is 13.6. The minimum Gasteiger partial charge on any atom is -0.378 e. The van der Waals surface area contributed by atoms with Crippen molar-refractivity contribution < 1.29 is 0 Å². The molecule has 1 aliphatic heterocycles. The maximum Gasteiger partial charge on any atom is 0.0569 e. The molecular formula is C16H15Cl2N. The van der Waals surface area contributed by atoms with Crippen molar-refractivity contribution in [3.05, 3.63) is 62.6 Å². The fourth-order valence-corrected chi connectivity index (χ4v) is 3.35. The smallest absolute Gasteiger partial charge is 0.0569 e. The number of fused-ring (bicyclic) bond motifs is 1. The van der Waals surface area contributed by atoms with Crippen LogP contribution < -0.4 is 5.32 Å². The average Bonchev–Trinajstić information content (AvgIpc) is 2.72. The van der Waals surface area contributed by atoms with E-state index in [1.165, 1.54) is 22.4 Å². The van der Waals surface area contributed by atoms with Gasteiger partial charge < -0.3 is 5.32 Å². The molecular weight excluding hydrogens is 277 g/mol. The largest absolute Gasteiger partial charge is 0.378 e. The van der Waals surface area contributed by atoms with Gasteiger partial charge in [-0.2, -0.15) is 0 Å². The molecule has 3 heteroatoms. The van der Waals surface area contributed by atoms with Gasteiger partial charge in [0.25, 0.3) is 0 Å². The molecule has 0 spiro atoms. The Hall–Kier alpha value is -1.18. The highest BCUT2D eigenvalue weighted by molar-refractivity contribution is 6.35. The minimum atomic E-state index is 0.236. The van der Waals surface area contributed by atoms with Gasteiger partial charge in [-0.05, 0) is 60.7 Å². The number of rotatable bonds is 1. The molecule has 1 nitrogen and oxygen atoms in total. The highest BCUT2D eigenvalue weighted by Gasteiger charge is 2.25. The van der Waals surface area contributed by atoms with Crippen molar-refractivity contribution in [2.75, 3.05) is 5.32 Å². The van der Waals surface area contributed by atoms with Crippen LogP contribution in [0.3, 0.4) is 0 Å². The molecule has 1 N–H and O–H groups in total. The molecule has 1 aliphatic rings. The van der Waals surface area contributed by atoms with Crippen molar-refractivity contribution in [3.8, 4) is 0 Å². The van der Waals surface area contributed by atoms with Crippen molar-refractivity contribution in [1.29, 1.82) is 0 Å². The van der Waals surface area contributed by atoms with Crippen LogP contribution in [0.15, 0.2) is 30.3 Å². The molecule has 0 saturated carbocycles. The summed E-state index contributed by atoms with van der Waals surface area (Å²) < 4.78 is 0. The standard InChI is InChI=1S/C16H15Cl2N/c1-9-5-10(2)13-8-16(19-15(13)6-9)12-4-3-11(17)7-14(12)18/h3-7,16,19H,8H2,1-2H3. The van der Waals surface area contributed by atoms with Crippen molar-refractivity contribution in [2.24, 2.45) is 0 Å². The lowest BCUT2D eigenvalue weighted by atomic mass is 9.99. The molecule has 3 rings (SSSR count). The third-order valence-electron chi connectivity index (χ3n) is 3.69. The van der Waals surface area contributed by atoms with Crippen molar-refractivity contribution in [1.82, 2.24) is 0 Å². The molecule has 1 unspecified atom stereocenters. The van der Waals surface area contributed by atoms with Gasteiger partial charge in [0, 0.05) is 15.7 Å². The molecule has 0 radical (unpaired) electrons. The summed E-state index contributed by atoms with van der Waals surface area (Å²) in [6, 6.07) is 10.4. The van der Waals surface area contributed by atoms with Crippen LogP contribution in [0.1, 0.15) is 28.3 Å². The molecule has 1 atom stereocenters. The van der Waals surface area contributed by atoms with E-state index in [1.807, 2.05) is 12.1 Å². The normalized spacial score (nSPS) is 17.2. The molecule has 0 aromatic heterocycles. The van der Waals surface area contributed by atoms with Crippen LogP contribution in [0.25, 0.3) is 0 Å². The minimum absolute atomic E-state index is 0.236. The van der Waals surface area contributed by atoms with Gasteiger partial charge in [0.15, 0.2) is 0 Å². The molecule has 19 heavy (non-hydrogen) atoms. The Bertz CT molecular complexity index is 649. The molecule has 1 heterocycles. The predicted molar refractivity (Wildman–Crippen MR) is 82.4 cm³/mol. The summed E-state index contributed by atoms with van der Waals surface area (Å²) in [6.07, 6.45) is 0.975. The Balaban J connectivity index is 1.97. The SMILES string of the molecule is Cc1cc(C)c2c(c1)NC(c1ccc(Cl)cc1Cl)C2. The molecule has 2 aromatic rings. The lowest BCUT2D eigenvalue weighted by Crippen LogP contribution is -2.06. The summed E-state index contributed by atoms with van der Waals surface area (Å²) in [5, 5.41) is 4.97. The number of hydrogen-bond acceptors (Lipinski definition) is 1. The van der Waals surface area contributed by atoms with E-state index < -0.39 is 0 Å². The van der Waals surface area contributed by atoms with Gasteiger partial charge in [-0.25, -0.2) is 0 Å². The molecule has 0 saturated heterocycles. The van der Waals surface area contributed by atoms with E-state index in [0.29, 0.717) is 5.02 Å². The lowest BCUT2D eigenvalue weighted by Gasteiger charge is -2.13. The van der Waals surface area contributed by atoms with Crippen molar-refractivity contribution in [3.63, 3.8) is 0 Å². The van der Waals surface area contributed by atoms with Crippen LogP contribution in [0.5, 0.6) is 0 Å². The van der Waals surface area contributed by atoms with Crippen LogP contribution in [-0.2, 0) is 6.42 Å². The summed E-state index contributed by atoms with van der Waals surface area (Å²) in [5.41, 5.74) is 6.36. The average molecular weight is 292 g/mol.